The minimum atomic E-state index is -4.73. The average molecular weight is 477 g/mol. The molecule has 0 aromatic heterocycles. The molecule has 1 saturated heterocycles. The van der Waals surface area contributed by atoms with E-state index in [0.717, 1.165) is 12.1 Å². The van der Waals surface area contributed by atoms with E-state index in [-0.39, 0.29) is 53.4 Å². The van der Waals surface area contributed by atoms with Crippen molar-refractivity contribution in [3.8, 4) is 0 Å². The van der Waals surface area contributed by atoms with Crippen LogP contribution < -0.4 is 10.9 Å². The van der Waals surface area contributed by atoms with Gasteiger partial charge in [-0.2, -0.15) is 13.2 Å². The number of sulfonamides is 1. The van der Waals surface area contributed by atoms with Gasteiger partial charge in [-0.05, 0) is 31.0 Å². The summed E-state index contributed by atoms with van der Waals surface area (Å²) in [5.41, 5.74) is 4.04. The van der Waals surface area contributed by atoms with Crippen LogP contribution in [-0.4, -0.2) is 57.4 Å². The highest BCUT2D eigenvalue weighted by molar-refractivity contribution is 7.89. The Morgan fingerprint density at radius 1 is 1.22 bits per heavy atom. The first-order valence-electron chi connectivity index (χ1n) is 10.1. The van der Waals surface area contributed by atoms with Gasteiger partial charge in [0.2, 0.25) is 10.0 Å². The van der Waals surface area contributed by atoms with E-state index < -0.39 is 27.8 Å². The summed E-state index contributed by atoms with van der Waals surface area (Å²) in [6.07, 6.45) is -4.17. The van der Waals surface area contributed by atoms with Crippen molar-refractivity contribution in [1.29, 1.82) is 0 Å². The minimum Gasteiger partial charge on any atom is -0.394 e. The van der Waals surface area contributed by atoms with Crippen molar-refractivity contribution < 1.29 is 31.1 Å². The lowest BCUT2D eigenvalue weighted by Gasteiger charge is -2.27. The van der Waals surface area contributed by atoms with Gasteiger partial charge in [0.05, 0.1) is 29.4 Å². The van der Waals surface area contributed by atoms with E-state index in [9.17, 15) is 26.4 Å². The maximum Gasteiger partial charge on any atom is 0.431 e. The first kappa shape index (κ1) is 25.8. The van der Waals surface area contributed by atoms with Crippen molar-refractivity contribution in [1.82, 2.24) is 4.90 Å². The number of nitrogens with zero attached hydrogens (tertiary/aromatic N) is 2. The molecule has 1 amide bonds. The summed E-state index contributed by atoms with van der Waals surface area (Å²) < 4.78 is 68.8. The number of hydrogen-bond acceptors (Lipinski definition) is 6. The molecule has 0 aliphatic carbocycles. The van der Waals surface area contributed by atoms with E-state index >= 15 is 0 Å². The van der Waals surface area contributed by atoms with E-state index in [1.165, 1.54) is 11.0 Å². The van der Waals surface area contributed by atoms with E-state index in [4.69, 9.17) is 15.6 Å². The third-order valence-electron chi connectivity index (χ3n) is 4.89. The summed E-state index contributed by atoms with van der Waals surface area (Å²) in [6, 6.07) is 3.51. The highest BCUT2D eigenvalue weighted by Crippen LogP contribution is 2.30. The van der Waals surface area contributed by atoms with Crippen molar-refractivity contribution in [2.75, 3.05) is 26.3 Å². The van der Waals surface area contributed by atoms with Crippen LogP contribution in [0.2, 0.25) is 0 Å². The molecule has 1 aromatic carbocycles. The summed E-state index contributed by atoms with van der Waals surface area (Å²) in [6.45, 7) is 4.52. The molecule has 1 aliphatic rings. The van der Waals surface area contributed by atoms with Crippen molar-refractivity contribution >= 4 is 27.3 Å². The van der Waals surface area contributed by atoms with Crippen LogP contribution in [0.4, 0.5) is 18.9 Å². The first-order chi connectivity index (χ1) is 14.9. The number of amides is 1. The summed E-state index contributed by atoms with van der Waals surface area (Å²) in [5, 5.41) is 5.20. The number of nitrogens with two attached hydrogens (primary N) is 2. The standard InChI is InChI=1S/C20H27F3N4O4S/c1-3-5-14(18(24)20(21,22)23)16(4-2)26-17-7-6-13(32(25,29)30)12-15(17)19(28)27-8-10-31-11-9-27/h6-7,12H,3-5,8-11,24H2,1-2H3,(H2,25,29,30). The van der Waals surface area contributed by atoms with Crippen LogP contribution >= 0.6 is 0 Å². The number of rotatable bonds is 7. The Hall–Kier alpha value is -2.44. The van der Waals surface area contributed by atoms with Crippen molar-refractivity contribution in [2.24, 2.45) is 15.9 Å². The molecule has 8 nitrogen and oxygen atoms in total. The third kappa shape index (κ3) is 6.30. The third-order valence-corrected chi connectivity index (χ3v) is 5.81. The van der Waals surface area contributed by atoms with E-state index in [2.05, 4.69) is 4.99 Å². The van der Waals surface area contributed by atoms with E-state index in [0.29, 0.717) is 19.6 Å². The maximum atomic E-state index is 13.3. The zero-order valence-electron chi connectivity index (χ0n) is 17.9. The second-order valence-corrected chi connectivity index (χ2v) is 8.74. The van der Waals surface area contributed by atoms with Gasteiger partial charge in [-0.25, -0.2) is 13.6 Å². The Labute approximate surface area is 185 Å². The smallest absolute Gasteiger partial charge is 0.394 e. The molecular formula is C20H27F3N4O4S. The maximum absolute atomic E-state index is 13.3. The molecule has 0 saturated carbocycles. The SMILES string of the molecule is CCCC(C(CC)=Nc1ccc(S(N)(=O)=O)cc1C(=O)N1CCOCC1)=C(N)C(F)(F)F. The fourth-order valence-corrected chi connectivity index (χ4v) is 3.80. The van der Waals surface area contributed by atoms with Gasteiger partial charge in [0, 0.05) is 24.4 Å². The van der Waals surface area contributed by atoms with Crippen LogP contribution in [0.1, 0.15) is 43.5 Å². The number of allylic oxidation sites excluding steroid dienone is 2. The summed E-state index contributed by atoms with van der Waals surface area (Å²) in [4.78, 5) is 18.6. The van der Waals surface area contributed by atoms with E-state index in [1.807, 2.05) is 0 Å². The number of hydrogen-bond donors (Lipinski definition) is 2. The average Bonchev–Trinajstić information content (AvgIpc) is 2.74. The van der Waals surface area contributed by atoms with Gasteiger partial charge in [0.1, 0.15) is 5.70 Å². The number of alkyl halides is 3. The number of aliphatic imine (C=N–C) groups is 1. The molecule has 0 spiro atoms. The number of benzene rings is 1. The number of halogens is 3. The summed E-state index contributed by atoms with van der Waals surface area (Å²) in [5.74, 6) is -0.516. The molecule has 0 bridgehead atoms. The lowest BCUT2D eigenvalue weighted by Crippen LogP contribution is -2.40. The summed E-state index contributed by atoms with van der Waals surface area (Å²) in [7, 11) is -4.12. The fraction of sp³-hybridized carbons (Fsp3) is 0.500. The molecule has 1 fully saturated rings. The molecule has 32 heavy (non-hydrogen) atoms. The zero-order chi connectivity index (χ0) is 24.1. The van der Waals surface area contributed by atoms with Gasteiger partial charge < -0.3 is 15.4 Å². The number of primary sulfonamides is 1. The highest BCUT2D eigenvalue weighted by atomic mass is 32.2. The Kier molecular flexibility index (Phi) is 8.43. The minimum absolute atomic E-state index is 0.0364. The van der Waals surface area contributed by atoms with Gasteiger partial charge in [-0.3, -0.25) is 9.79 Å². The molecule has 0 unspecified atom stereocenters. The van der Waals surface area contributed by atoms with Gasteiger partial charge in [0.25, 0.3) is 5.91 Å². The molecule has 1 aromatic rings. The number of morpholine rings is 1. The molecule has 178 valence electrons. The van der Waals surface area contributed by atoms with Gasteiger partial charge in [0.15, 0.2) is 0 Å². The number of ether oxygens (including phenoxy) is 1. The molecule has 2 rings (SSSR count). The predicted molar refractivity (Wildman–Crippen MR) is 114 cm³/mol. The molecule has 0 radical (unpaired) electrons. The topological polar surface area (TPSA) is 128 Å². The molecular weight excluding hydrogens is 449 g/mol. The van der Waals surface area contributed by atoms with Crippen LogP contribution in [0.25, 0.3) is 0 Å². The molecule has 4 N–H and O–H groups in total. The Balaban J connectivity index is 2.68. The van der Waals surface area contributed by atoms with Gasteiger partial charge in [-0.15, -0.1) is 0 Å². The number of carbonyl (C=O) groups excluding carboxylic acids is 1. The van der Waals surface area contributed by atoms with Crippen molar-refractivity contribution in [2.45, 2.75) is 44.2 Å². The van der Waals surface area contributed by atoms with Crippen LogP contribution in [0.15, 0.2) is 39.4 Å². The number of carbonyl (C=O) groups is 1. The highest BCUT2D eigenvalue weighted by Gasteiger charge is 2.35. The first-order valence-corrected chi connectivity index (χ1v) is 11.6. The predicted octanol–water partition coefficient (Wildman–Crippen LogP) is 2.86. The molecule has 1 heterocycles. The normalized spacial score (nSPS) is 16.7. The Morgan fingerprint density at radius 3 is 2.34 bits per heavy atom. The van der Waals surface area contributed by atoms with E-state index in [1.54, 1.807) is 13.8 Å². The van der Waals surface area contributed by atoms with Crippen LogP contribution in [0, 0.1) is 0 Å². The lowest BCUT2D eigenvalue weighted by atomic mass is 10.00. The largest absolute Gasteiger partial charge is 0.431 e. The zero-order valence-corrected chi connectivity index (χ0v) is 18.7. The molecule has 1 aliphatic heterocycles. The molecule has 12 heteroatoms. The van der Waals surface area contributed by atoms with Gasteiger partial charge in [-0.1, -0.05) is 20.3 Å². The molecule has 0 atom stereocenters. The van der Waals surface area contributed by atoms with Gasteiger partial charge >= 0.3 is 6.18 Å². The van der Waals surface area contributed by atoms with Crippen LogP contribution in [0.5, 0.6) is 0 Å². The Morgan fingerprint density at radius 2 is 1.84 bits per heavy atom. The lowest BCUT2D eigenvalue weighted by molar-refractivity contribution is -0.0933. The quantitative estimate of drug-likeness (QED) is 0.585. The van der Waals surface area contributed by atoms with Crippen LogP contribution in [-0.2, 0) is 14.8 Å². The second-order valence-electron chi connectivity index (χ2n) is 7.18. The van der Waals surface area contributed by atoms with Crippen LogP contribution in [0.3, 0.4) is 0 Å². The van der Waals surface area contributed by atoms with Crippen molar-refractivity contribution in [3.05, 3.63) is 35.0 Å². The van der Waals surface area contributed by atoms with Crippen molar-refractivity contribution in [3.63, 3.8) is 0 Å². The monoisotopic (exact) mass is 476 g/mol. The summed E-state index contributed by atoms with van der Waals surface area (Å²) >= 11 is 0. The fourth-order valence-electron chi connectivity index (χ4n) is 3.26. The second kappa shape index (κ2) is 10.5. The Bertz CT molecular complexity index is 1010.